The number of nitrogens with zero attached hydrogens (tertiary/aromatic N) is 6. The maximum atomic E-state index is 13.2. The minimum absolute atomic E-state index is 0.135. The Kier molecular flexibility index (Phi) is 5.20. The highest BCUT2D eigenvalue weighted by atomic mass is 32.1. The number of aromatic nitrogens is 5. The van der Waals surface area contributed by atoms with Crippen LogP contribution in [0.2, 0.25) is 0 Å². The number of thiophene rings is 1. The molecule has 0 amide bonds. The van der Waals surface area contributed by atoms with Crippen LogP contribution in [0.3, 0.4) is 0 Å². The zero-order chi connectivity index (χ0) is 22.3. The van der Waals surface area contributed by atoms with Gasteiger partial charge in [0, 0.05) is 23.7 Å². The number of anilines is 3. The molecule has 166 valence electrons. The summed E-state index contributed by atoms with van der Waals surface area (Å²) in [5.41, 5.74) is 0.858. The fourth-order valence-electron chi connectivity index (χ4n) is 3.82. The van der Waals surface area contributed by atoms with Crippen molar-refractivity contribution in [1.82, 2.24) is 24.7 Å². The van der Waals surface area contributed by atoms with E-state index in [1.165, 1.54) is 4.88 Å². The summed E-state index contributed by atoms with van der Waals surface area (Å²) in [5.74, 6) is 0.463. The van der Waals surface area contributed by atoms with Gasteiger partial charge < -0.3 is 14.8 Å². The largest absolute Gasteiger partial charge is 0.451 e. The molecule has 0 unspecified atom stereocenters. The van der Waals surface area contributed by atoms with E-state index in [0.717, 1.165) is 33.3 Å². The summed E-state index contributed by atoms with van der Waals surface area (Å²) in [6, 6.07) is 11.7. The predicted molar refractivity (Wildman–Crippen MR) is 117 cm³/mol. The average molecular weight is 460 g/mol. The van der Waals surface area contributed by atoms with E-state index in [2.05, 4.69) is 28.5 Å². The second-order valence-corrected chi connectivity index (χ2v) is 8.67. The molecule has 1 N–H and O–H groups in total. The van der Waals surface area contributed by atoms with Gasteiger partial charge in [-0.25, -0.2) is 4.98 Å². The third-order valence-corrected chi connectivity index (χ3v) is 6.34. The zero-order valence-electron chi connectivity index (χ0n) is 17.2. The number of nitrogens with one attached hydrogen (secondary N) is 1. The molecule has 0 fully saturated rings. The molecule has 3 aromatic heterocycles. The molecule has 1 aromatic carbocycles. The Balaban J connectivity index is 1.54. The Morgan fingerprint density at radius 3 is 2.66 bits per heavy atom. The molecule has 4 aromatic rings. The predicted octanol–water partition coefficient (Wildman–Crippen LogP) is 5.02. The third kappa shape index (κ3) is 3.88. The Morgan fingerprint density at radius 1 is 1.09 bits per heavy atom. The van der Waals surface area contributed by atoms with Gasteiger partial charge in [-0.2, -0.15) is 18.2 Å². The molecule has 0 atom stereocenters. The number of benzene rings is 1. The van der Waals surface area contributed by atoms with E-state index in [0.29, 0.717) is 18.3 Å². The summed E-state index contributed by atoms with van der Waals surface area (Å²) in [7, 11) is 0. The van der Waals surface area contributed by atoms with Gasteiger partial charge >= 0.3 is 6.18 Å². The number of para-hydroxylation sites is 1. The van der Waals surface area contributed by atoms with Crippen LogP contribution in [0.5, 0.6) is 0 Å². The van der Waals surface area contributed by atoms with Gasteiger partial charge in [0.15, 0.2) is 5.82 Å². The first-order valence-electron chi connectivity index (χ1n) is 10.3. The summed E-state index contributed by atoms with van der Waals surface area (Å²) >= 11 is 1.62. The number of alkyl halides is 3. The molecule has 4 heterocycles. The quantitative estimate of drug-likeness (QED) is 0.452. The molecule has 0 radical (unpaired) electrons. The summed E-state index contributed by atoms with van der Waals surface area (Å²) in [5, 5.41) is 11.3. The highest BCUT2D eigenvalue weighted by molar-refractivity contribution is 7.18. The van der Waals surface area contributed by atoms with Crippen molar-refractivity contribution in [3.05, 3.63) is 52.9 Å². The van der Waals surface area contributed by atoms with Gasteiger partial charge in [0.25, 0.3) is 0 Å². The van der Waals surface area contributed by atoms with Crippen molar-refractivity contribution in [2.24, 2.45) is 0 Å². The van der Waals surface area contributed by atoms with Crippen molar-refractivity contribution in [3.8, 4) is 0 Å². The Morgan fingerprint density at radius 2 is 1.91 bits per heavy atom. The van der Waals surface area contributed by atoms with Crippen LogP contribution in [0, 0.1) is 0 Å². The maximum absolute atomic E-state index is 13.2. The van der Waals surface area contributed by atoms with E-state index in [1.807, 2.05) is 35.2 Å². The molecule has 32 heavy (non-hydrogen) atoms. The lowest BCUT2D eigenvalue weighted by atomic mass is 10.2. The second kappa shape index (κ2) is 8.05. The minimum atomic E-state index is -4.52. The molecule has 0 saturated carbocycles. The lowest BCUT2D eigenvalue weighted by molar-refractivity contribution is -0.147. The van der Waals surface area contributed by atoms with Crippen LogP contribution in [-0.2, 0) is 25.7 Å². The first-order chi connectivity index (χ1) is 15.4. The molecule has 0 saturated heterocycles. The number of fused-ring (bicyclic) bond motifs is 2. The van der Waals surface area contributed by atoms with Gasteiger partial charge in [0.1, 0.15) is 10.6 Å². The lowest BCUT2D eigenvalue weighted by Crippen LogP contribution is -2.36. The van der Waals surface area contributed by atoms with Crippen LogP contribution < -0.4 is 10.2 Å². The van der Waals surface area contributed by atoms with Crippen LogP contribution in [0.15, 0.2) is 36.4 Å². The number of halogens is 3. The van der Waals surface area contributed by atoms with E-state index < -0.39 is 12.0 Å². The standard InChI is InChI=1S/C21H20F3N7S/c1-2-6-14-11-15-17(26-20(27-18(15)32-14)25-13-7-4-3-5-8-13)30-9-10-31-16(12-30)28-29-19(31)21(22,23)24/h3-5,7-8,11H,2,6,9-10,12H2,1H3,(H,25,26,27). The van der Waals surface area contributed by atoms with Crippen LogP contribution in [0.4, 0.5) is 30.6 Å². The Hall–Kier alpha value is -3.21. The van der Waals surface area contributed by atoms with Crippen LogP contribution in [0.1, 0.15) is 29.9 Å². The van der Waals surface area contributed by atoms with Gasteiger partial charge in [0.05, 0.1) is 11.9 Å². The number of hydrogen-bond donors (Lipinski definition) is 1. The average Bonchev–Trinajstić information content (AvgIpc) is 3.37. The van der Waals surface area contributed by atoms with E-state index in [-0.39, 0.29) is 18.9 Å². The first-order valence-corrected chi connectivity index (χ1v) is 11.1. The van der Waals surface area contributed by atoms with Crippen LogP contribution in [-0.4, -0.2) is 31.3 Å². The summed E-state index contributed by atoms with van der Waals surface area (Å²) in [4.78, 5) is 13.5. The van der Waals surface area contributed by atoms with Crippen molar-refractivity contribution < 1.29 is 13.2 Å². The number of aryl methyl sites for hydroxylation is 1. The van der Waals surface area contributed by atoms with E-state index in [4.69, 9.17) is 9.97 Å². The van der Waals surface area contributed by atoms with Crippen molar-refractivity contribution in [3.63, 3.8) is 0 Å². The van der Waals surface area contributed by atoms with Gasteiger partial charge in [-0.05, 0) is 24.6 Å². The second-order valence-electron chi connectivity index (χ2n) is 7.55. The Labute approximate surface area is 185 Å². The SMILES string of the molecule is CCCc1cc2c(N3CCn4c(nnc4C(F)(F)F)C3)nc(Nc3ccccc3)nc2s1. The highest BCUT2D eigenvalue weighted by Gasteiger charge is 2.39. The van der Waals surface area contributed by atoms with Crippen LogP contribution >= 0.6 is 11.3 Å². The topological polar surface area (TPSA) is 71.8 Å². The summed E-state index contributed by atoms with van der Waals surface area (Å²) < 4.78 is 40.8. The first kappa shape index (κ1) is 20.7. The van der Waals surface area contributed by atoms with E-state index in [9.17, 15) is 13.2 Å². The Bertz CT molecular complexity index is 1250. The minimum Gasteiger partial charge on any atom is -0.347 e. The lowest BCUT2D eigenvalue weighted by Gasteiger charge is -2.29. The zero-order valence-corrected chi connectivity index (χ0v) is 18.0. The van der Waals surface area contributed by atoms with E-state index >= 15 is 0 Å². The van der Waals surface area contributed by atoms with Gasteiger partial charge in [0.2, 0.25) is 11.8 Å². The van der Waals surface area contributed by atoms with Crippen molar-refractivity contribution in [2.45, 2.75) is 39.0 Å². The molecular formula is C21H20F3N7S. The molecule has 0 aliphatic carbocycles. The number of rotatable bonds is 5. The van der Waals surface area contributed by atoms with Crippen molar-refractivity contribution >= 4 is 39.0 Å². The molecule has 1 aliphatic heterocycles. The third-order valence-electron chi connectivity index (χ3n) is 5.26. The maximum Gasteiger partial charge on any atom is 0.451 e. The fourth-order valence-corrected chi connectivity index (χ4v) is 4.95. The van der Waals surface area contributed by atoms with Crippen molar-refractivity contribution in [1.29, 1.82) is 0 Å². The molecule has 1 aliphatic rings. The highest BCUT2D eigenvalue weighted by Crippen LogP contribution is 2.36. The van der Waals surface area contributed by atoms with Crippen molar-refractivity contribution in [2.75, 3.05) is 16.8 Å². The van der Waals surface area contributed by atoms with Gasteiger partial charge in [-0.3, -0.25) is 0 Å². The molecule has 0 bridgehead atoms. The fraction of sp³-hybridized carbons (Fsp3) is 0.333. The molecule has 7 nitrogen and oxygen atoms in total. The van der Waals surface area contributed by atoms with Gasteiger partial charge in [-0.15, -0.1) is 21.5 Å². The monoisotopic (exact) mass is 459 g/mol. The van der Waals surface area contributed by atoms with Crippen LogP contribution in [0.25, 0.3) is 10.2 Å². The summed E-state index contributed by atoms with van der Waals surface area (Å²) in [6.45, 7) is 2.81. The smallest absolute Gasteiger partial charge is 0.347 e. The molecule has 11 heteroatoms. The van der Waals surface area contributed by atoms with Gasteiger partial charge in [-0.1, -0.05) is 31.5 Å². The molecule has 0 spiro atoms. The summed E-state index contributed by atoms with van der Waals surface area (Å²) in [6.07, 6.45) is -2.58. The molecule has 5 rings (SSSR count). The molecular weight excluding hydrogens is 439 g/mol. The van der Waals surface area contributed by atoms with E-state index in [1.54, 1.807) is 11.3 Å². The normalized spacial score (nSPS) is 14.1. The number of hydrogen-bond acceptors (Lipinski definition) is 7.